The minimum atomic E-state index is 0.869. The van der Waals surface area contributed by atoms with Gasteiger partial charge in [-0.1, -0.05) is 158 Å². The van der Waals surface area contributed by atoms with Crippen LogP contribution in [-0.4, -0.2) is 19.1 Å². The predicted molar refractivity (Wildman–Crippen MR) is 232 cm³/mol. The number of nitrogens with zero attached hydrogens (tertiary/aromatic N) is 4. The van der Waals surface area contributed by atoms with Gasteiger partial charge in [-0.3, -0.25) is 0 Å². The summed E-state index contributed by atoms with van der Waals surface area (Å²) in [5.41, 5.74) is 15.3. The Morgan fingerprint density at radius 2 is 0.554 bits per heavy atom. The van der Waals surface area contributed by atoms with Crippen molar-refractivity contribution < 1.29 is 0 Å². The lowest BCUT2D eigenvalue weighted by Gasteiger charge is -2.18. The first-order chi connectivity index (χ1) is 27.8. The second kappa shape index (κ2) is 13.1. The van der Waals surface area contributed by atoms with Gasteiger partial charge in [0.25, 0.3) is 0 Å². The molecule has 0 saturated carbocycles. The van der Waals surface area contributed by atoms with E-state index in [0.717, 1.165) is 56.1 Å². The lowest BCUT2D eigenvalue weighted by atomic mass is 9.93. The van der Waals surface area contributed by atoms with E-state index < -0.39 is 0 Å². The summed E-state index contributed by atoms with van der Waals surface area (Å²) in [4.78, 5) is 9.84. The molecule has 3 aromatic heterocycles. The van der Waals surface area contributed by atoms with Gasteiger partial charge in [0, 0.05) is 43.8 Å². The van der Waals surface area contributed by atoms with E-state index in [1.807, 2.05) is 0 Å². The van der Waals surface area contributed by atoms with Crippen molar-refractivity contribution in [3.8, 4) is 56.1 Å². The van der Waals surface area contributed by atoms with Crippen LogP contribution >= 0.6 is 0 Å². The van der Waals surface area contributed by atoms with Gasteiger partial charge >= 0.3 is 0 Å². The summed E-state index contributed by atoms with van der Waals surface area (Å²) in [5, 5.41) is 4.96. The zero-order chi connectivity index (χ0) is 37.0. The maximum absolute atomic E-state index is 4.92. The van der Waals surface area contributed by atoms with Crippen LogP contribution in [0.25, 0.3) is 99.8 Å². The van der Waals surface area contributed by atoms with Gasteiger partial charge in [-0.15, -0.1) is 0 Å². The highest BCUT2D eigenvalue weighted by molar-refractivity contribution is 6.11. The van der Waals surface area contributed by atoms with Crippen LogP contribution in [0.5, 0.6) is 0 Å². The monoisotopic (exact) mass is 714 g/mol. The standard InChI is InChI=1S/C52H34N4/c1-3-19-37(35(17-1)39-21-5-11-27-47(39)55-49-29-13-7-23-41(49)42-24-8-14-30-50(42)55)45-33-46(54-34-53-45)38-20-4-2-18-36(38)40-22-6-12-28-48(40)56-51-31-15-9-25-43(51)44-26-10-16-32-52(44)56/h1-34H. The van der Waals surface area contributed by atoms with Gasteiger partial charge in [0.05, 0.1) is 44.8 Å². The number of hydrogen-bond donors (Lipinski definition) is 0. The molecule has 262 valence electrons. The highest BCUT2D eigenvalue weighted by Crippen LogP contribution is 2.42. The Hall–Kier alpha value is -7.56. The zero-order valence-corrected chi connectivity index (χ0v) is 30.4. The lowest BCUT2D eigenvalue weighted by molar-refractivity contribution is 1.17. The molecular weight excluding hydrogens is 681 g/mol. The second-order valence-electron chi connectivity index (χ2n) is 14.2. The van der Waals surface area contributed by atoms with E-state index in [4.69, 9.17) is 9.97 Å². The molecule has 0 aliphatic heterocycles. The van der Waals surface area contributed by atoms with Crippen molar-refractivity contribution in [2.75, 3.05) is 0 Å². The molecule has 0 radical (unpaired) electrons. The Morgan fingerprint density at radius 3 is 0.929 bits per heavy atom. The van der Waals surface area contributed by atoms with Crippen LogP contribution in [-0.2, 0) is 0 Å². The number of fused-ring (bicyclic) bond motifs is 6. The van der Waals surface area contributed by atoms with Crippen LogP contribution in [0.4, 0.5) is 0 Å². The normalized spacial score (nSPS) is 11.6. The summed E-state index contributed by atoms with van der Waals surface area (Å²) >= 11 is 0. The highest BCUT2D eigenvalue weighted by Gasteiger charge is 2.20. The largest absolute Gasteiger partial charge is 0.309 e. The van der Waals surface area contributed by atoms with Gasteiger partial charge in [0.15, 0.2) is 0 Å². The number of rotatable bonds is 6. The molecule has 0 atom stereocenters. The van der Waals surface area contributed by atoms with E-state index in [9.17, 15) is 0 Å². The molecular formula is C52H34N4. The fraction of sp³-hybridized carbons (Fsp3) is 0. The number of benzene rings is 8. The summed E-state index contributed by atoms with van der Waals surface area (Å²) in [5.74, 6) is 0. The average Bonchev–Trinajstić information content (AvgIpc) is 3.79. The minimum Gasteiger partial charge on any atom is -0.309 e. The molecule has 0 saturated heterocycles. The van der Waals surface area contributed by atoms with Crippen LogP contribution in [0.2, 0.25) is 0 Å². The van der Waals surface area contributed by atoms with Gasteiger partial charge < -0.3 is 9.13 Å². The smallest absolute Gasteiger partial charge is 0.116 e. The van der Waals surface area contributed by atoms with Crippen LogP contribution in [0, 0.1) is 0 Å². The third kappa shape index (κ3) is 5.00. The molecule has 4 heteroatoms. The molecule has 0 amide bonds. The maximum Gasteiger partial charge on any atom is 0.116 e. The molecule has 0 bridgehead atoms. The van der Waals surface area contributed by atoms with Gasteiger partial charge in [-0.05, 0) is 53.6 Å². The Morgan fingerprint density at radius 1 is 0.268 bits per heavy atom. The Labute approximate surface area is 324 Å². The van der Waals surface area contributed by atoms with E-state index in [2.05, 4.69) is 209 Å². The highest BCUT2D eigenvalue weighted by atomic mass is 15.0. The first kappa shape index (κ1) is 31.9. The quantitative estimate of drug-likeness (QED) is 0.172. The van der Waals surface area contributed by atoms with E-state index in [0.29, 0.717) is 0 Å². The van der Waals surface area contributed by atoms with E-state index in [-0.39, 0.29) is 0 Å². The summed E-state index contributed by atoms with van der Waals surface area (Å²) in [6.07, 6.45) is 1.70. The number of hydrogen-bond acceptors (Lipinski definition) is 2. The van der Waals surface area contributed by atoms with Crippen molar-refractivity contribution in [2.24, 2.45) is 0 Å². The van der Waals surface area contributed by atoms with Crippen molar-refractivity contribution >= 4 is 43.6 Å². The predicted octanol–water partition coefficient (Wildman–Crippen LogP) is 13.3. The van der Waals surface area contributed by atoms with Crippen LogP contribution in [0.1, 0.15) is 0 Å². The molecule has 0 fully saturated rings. The van der Waals surface area contributed by atoms with E-state index in [1.54, 1.807) is 6.33 Å². The maximum atomic E-state index is 4.92. The molecule has 0 spiro atoms. The van der Waals surface area contributed by atoms with Crippen LogP contribution < -0.4 is 0 Å². The third-order valence-electron chi connectivity index (χ3n) is 11.1. The molecule has 11 aromatic rings. The van der Waals surface area contributed by atoms with Crippen molar-refractivity contribution in [3.05, 3.63) is 207 Å². The number of para-hydroxylation sites is 6. The summed E-state index contributed by atoms with van der Waals surface area (Å²) in [6, 6.07) is 71.4. The second-order valence-corrected chi connectivity index (χ2v) is 14.2. The van der Waals surface area contributed by atoms with Crippen LogP contribution in [0.15, 0.2) is 207 Å². The fourth-order valence-corrected chi connectivity index (χ4v) is 8.69. The molecule has 0 aliphatic rings. The third-order valence-corrected chi connectivity index (χ3v) is 11.1. The van der Waals surface area contributed by atoms with E-state index >= 15 is 0 Å². The molecule has 3 heterocycles. The zero-order valence-electron chi connectivity index (χ0n) is 30.4. The van der Waals surface area contributed by atoms with E-state index in [1.165, 1.54) is 43.6 Å². The Bertz CT molecular complexity index is 2950. The molecule has 56 heavy (non-hydrogen) atoms. The Balaban J connectivity index is 1.07. The van der Waals surface area contributed by atoms with Crippen molar-refractivity contribution in [1.82, 2.24) is 19.1 Å². The van der Waals surface area contributed by atoms with Gasteiger partial charge in [-0.25, -0.2) is 9.97 Å². The fourth-order valence-electron chi connectivity index (χ4n) is 8.69. The topological polar surface area (TPSA) is 35.6 Å². The minimum absolute atomic E-state index is 0.869. The van der Waals surface area contributed by atoms with Crippen molar-refractivity contribution in [1.29, 1.82) is 0 Å². The first-order valence-corrected chi connectivity index (χ1v) is 19.0. The molecule has 11 rings (SSSR count). The van der Waals surface area contributed by atoms with Crippen LogP contribution in [0.3, 0.4) is 0 Å². The summed E-state index contributed by atoms with van der Waals surface area (Å²) in [7, 11) is 0. The van der Waals surface area contributed by atoms with Gasteiger partial charge in [0.2, 0.25) is 0 Å². The first-order valence-electron chi connectivity index (χ1n) is 19.0. The molecule has 8 aromatic carbocycles. The van der Waals surface area contributed by atoms with Gasteiger partial charge in [-0.2, -0.15) is 0 Å². The SMILES string of the molecule is c1ccc(-c2ccccc2-n2c3ccccc3c3ccccc32)c(-c2cc(-c3ccccc3-c3ccccc3-n3c4ccccc4c4ccccc43)ncn2)c1. The molecule has 0 aliphatic carbocycles. The average molecular weight is 715 g/mol. The molecule has 0 N–H and O–H groups in total. The number of aromatic nitrogens is 4. The molecule has 0 unspecified atom stereocenters. The lowest BCUT2D eigenvalue weighted by Crippen LogP contribution is -1.99. The van der Waals surface area contributed by atoms with Gasteiger partial charge in [0.1, 0.15) is 6.33 Å². The Kier molecular flexibility index (Phi) is 7.46. The van der Waals surface area contributed by atoms with Crippen molar-refractivity contribution in [3.63, 3.8) is 0 Å². The summed E-state index contributed by atoms with van der Waals surface area (Å²) in [6.45, 7) is 0. The summed E-state index contributed by atoms with van der Waals surface area (Å²) < 4.78 is 4.79. The van der Waals surface area contributed by atoms with Crippen molar-refractivity contribution in [2.45, 2.75) is 0 Å². The molecule has 4 nitrogen and oxygen atoms in total.